The molecule has 0 bridgehead atoms. The summed E-state index contributed by atoms with van der Waals surface area (Å²) in [5.41, 5.74) is -0.0301. The van der Waals surface area contributed by atoms with Crippen LogP contribution >= 0.6 is 0 Å². The third kappa shape index (κ3) is 0.941. The molecule has 0 aliphatic heterocycles. The highest BCUT2D eigenvalue weighted by atomic mass is 16.3. The maximum absolute atomic E-state index is 10.5. The van der Waals surface area contributed by atoms with Crippen LogP contribution in [-0.2, 0) is 0 Å². The first-order valence-corrected chi connectivity index (χ1v) is 2.31. The molecule has 0 unspecified atom stereocenters. The molecule has 0 aliphatic carbocycles. The number of aromatic nitrogens is 1. The van der Waals surface area contributed by atoms with Crippen LogP contribution in [0.4, 0.5) is 5.69 Å². The van der Waals surface area contributed by atoms with Crippen molar-refractivity contribution in [2.24, 2.45) is 0 Å². The molecule has 1 heterocycles. The van der Waals surface area contributed by atoms with Crippen molar-refractivity contribution >= 4 is 5.69 Å². The second kappa shape index (κ2) is 2.09. The summed E-state index contributed by atoms with van der Waals surface area (Å²) in [6.07, 6.45) is 1.34. The number of hydrogen-bond donors (Lipinski definition) is 0. The molecule has 44 valence electrons. The Bertz CT molecular complexity index is 253. The molecule has 0 spiro atoms. The first kappa shape index (κ1) is 5.51. The summed E-state index contributed by atoms with van der Waals surface area (Å²) >= 11 is 0. The van der Waals surface area contributed by atoms with Crippen molar-refractivity contribution in [3.8, 4) is 5.88 Å². The molecule has 9 heavy (non-hydrogen) atoms. The zero-order valence-corrected chi connectivity index (χ0v) is 4.48. The Hall–Kier alpha value is -1.63. The molecule has 0 radical (unpaired) electrons. The molecule has 0 saturated heterocycles. The highest BCUT2D eigenvalue weighted by Gasteiger charge is 2.02. The van der Waals surface area contributed by atoms with Crippen LogP contribution in [0.3, 0.4) is 0 Å². The van der Waals surface area contributed by atoms with Crippen LogP contribution in [0.15, 0.2) is 18.3 Å². The third-order valence-corrected chi connectivity index (χ3v) is 0.859. The zero-order valence-electron chi connectivity index (χ0n) is 4.48. The number of pyridine rings is 1. The van der Waals surface area contributed by atoms with E-state index in [-0.39, 0.29) is 5.69 Å². The van der Waals surface area contributed by atoms with Gasteiger partial charge >= 0.3 is 5.69 Å². The van der Waals surface area contributed by atoms with E-state index in [1.807, 2.05) is 0 Å². The summed E-state index contributed by atoms with van der Waals surface area (Å²) < 4.78 is 0. The normalized spacial score (nSPS) is 8.33. The lowest BCUT2D eigenvalue weighted by molar-refractivity contribution is -0.273. The lowest BCUT2D eigenvalue weighted by atomic mass is 10.4. The summed E-state index contributed by atoms with van der Waals surface area (Å²) in [6, 6.07) is 2.91. The topological polar surface area (TPSA) is 64.1 Å². The second-order valence-corrected chi connectivity index (χ2v) is 1.43. The van der Waals surface area contributed by atoms with Crippen molar-refractivity contribution in [2.45, 2.75) is 0 Å². The maximum Gasteiger partial charge on any atom is 0.395 e. The van der Waals surface area contributed by atoms with E-state index in [4.69, 9.17) is 5.39 Å². The Morgan fingerprint density at radius 2 is 2.44 bits per heavy atom. The maximum atomic E-state index is 10.5. The van der Waals surface area contributed by atoms with Crippen LogP contribution in [0.1, 0.15) is 0 Å². The minimum absolute atomic E-state index is 0.0301. The van der Waals surface area contributed by atoms with E-state index in [9.17, 15) is 5.11 Å². The van der Waals surface area contributed by atoms with Crippen molar-refractivity contribution in [3.63, 3.8) is 0 Å². The van der Waals surface area contributed by atoms with E-state index in [1.165, 1.54) is 18.3 Å². The number of nitrogens with zero attached hydrogens (tertiary/aromatic N) is 3. The highest BCUT2D eigenvalue weighted by Crippen LogP contribution is 2.17. The molecule has 0 saturated carbocycles. The number of rotatable bonds is 0. The van der Waals surface area contributed by atoms with Crippen molar-refractivity contribution < 1.29 is 5.11 Å². The fraction of sp³-hybridized carbons (Fsp3) is 0. The fourth-order valence-corrected chi connectivity index (χ4v) is 0.458. The second-order valence-electron chi connectivity index (χ2n) is 1.43. The Labute approximate surface area is 51.4 Å². The van der Waals surface area contributed by atoms with Crippen LogP contribution in [0.5, 0.6) is 5.88 Å². The van der Waals surface area contributed by atoms with Gasteiger partial charge in [-0.25, -0.2) is 0 Å². The average Bonchev–Trinajstić information content (AvgIpc) is 1.89. The van der Waals surface area contributed by atoms with Gasteiger partial charge in [0.25, 0.3) is 0 Å². The molecular formula is C5H3N3O. The Morgan fingerprint density at radius 3 is 2.89 bits per heavy atom. The van der Waals surface area contributed by atoms with Crippen molar-refractivity contribution in [1.29, 1.82) is 5.39 Å². The molecule has 0 fully saturated rings. The predicted octanol–water partition coefficient (Wildman–Crippen LogP) is 0.640. The van der Waals surface area contributed by atoms with Gasteiger partial charge in [-0.2, -0.15) is 0 Å². The first-order valence-electron chi connectivity index (χ1n) is 2.31. The average molecular weight is 121 g/mol. The molecule has 1 rings (SSSR count). The van der Waals surface area contributed by atoms with Crippen molar-refractivity contribution in [2.75, 3.05) is 0 Å². The van der Waals surface area contributed by atoms with Gasteiger partial charge < -0.3 is 5.11 Å². The van der Waals surface area contributed by atoms with E-state index in [1.54, 1.807) is 0 Å². The van der Waals surface area contributed by atoms with Gasteiger partial charge in [-0.3, -0.25) is 4.98 Å². The van der Waals surface area contributed by atoms with Crippen molar-refractivity contribution in [1.82, 2.24) is 4.98 Å². The lowest BCUT2D eigenvalue weighted by Crippen LogP contribution is -1.91. The van der Waals surface area contributed by atoms with Gasteiger partial charge in [-0.15, -0.1) is 0 Å². The Balaban J connectivity index is 3.20. The summed E-state index contributed by atoms with van der Waals surface area (Å²) in [7, 11) is 0. The van der Waals surface area contributed by atoms with Gasteiger partial charge in [0.1, 0.15) is 0 Å². The summed E-state index contributed by atoms with van der Waals surface area (Å²) in [4.78, 5) is 6.04. The van der Waals surface area contributed by atoms with Crippen LogP contribution < -0.4 is 5.11 Å². The molecule has 0 atom stereocenters. The Morgan fingerprint density at radius 1 is 1.67 bits per heavy atom. The van der Waals surface area contributed by atoms with Gasteiger partial charge in [0.05, 0.1) is 5.88 Å². The molecular weight excluding hydrogens is 118 g/mol. The molecule has 0 aromatic carbocycles. The van der Waals surface area contributed by atoms with Gasteiger partial charge in [0.15, 0.2) is 4.98 Å². The van der Waals surface area contributed by atoms with Gasteiger partial charge in [-0.05, 0) is 6.07 Å². The Kier molecular flexibility index (Phi) is 1.28. The van der Waals surface area contributed by atoms with Gasteiger partial charge in [0.2, 0.25) is 5.39 Å². The number of hydrogen-bond acceptors (Lipinski definition) is 3. The van der Waals surface area contributed by atoms with E-state index in [0.29, 0.717) is 0 Å². The first-order chi connectivity index (χ1) is 4.34. The minimum Gasteiger partial charge on any atom is -0.853 e. The van der Waals surface area contributed by atoms with Crippen molar-refractivity contribution in [3.05, 3.63) is 23.3 Å². The van der Waals surface area contributed by atoms with Gasteiger partial charge in [0, 0.05) is 12.3 Å². The molecule has 0 amide bonds. The number of diazo groups is 1. The highest BCUT2D eigenvalue weighted by molar-refractivity contribution is 5.50. The monoisotopic (exact) mass is 121 g/mol. The summed E-state index contributed by atoms with van der Waals surface area (Å²) in [5.74, 6) is -0.514. The van der Waals surface area contributed by atoms with E-state index in [2.05, 4.69) is 9.96 Å². The van der Waals surface area contributed by atoms with E-state index in [0.717, 1.165) is 0 Å². The quantitative estimate of drug-likeness (QED) is 0.473. The largest absolute Gasteiger partial charge is 0.853 e. The lowest BCUT2D eigenvalue weighted by Gasteiger charge is -1.93. The van der Waals surface area contributed by atoms with Crippen LogP contribution in [0.2, 0.25) is 0 Å². The smallest absolute Gasteiger partial charge is 0.395 e. The summed E-state index contributed by atoms with van der Waals surface area (Å²) in [5, 5.41) is 18.6. The molecule has 0 N–H and O–H groups in total. The molecule has 0 aliphatic rings. The third-order valence-electron chi connectivity index (χ3n) is 0.859. The van der Waals surface area contributed by atoms with E-state index >= 15 is 0 Å². The molecule has 4 heteroatoms. The minimum atomic E-state index is -0.514. The predicted molar refractivity (Wildman–Crippen MR) is 28.4 cm³/mol. The fourth-order valence-electron chi connectivity index (χ4n) is 0.458. The summed E-state index contributed by atoms with van der Waals surface area (Å²) in [6.45, 7) is 0. The standard InChI is InChI=1S/C5H3N3O/c6-8-4-2-1-3-7-5(4)9/h1-3H. The van der Waals surface area contributed by atoms with Crippen LogP contribution in [-0.4, -0.2) is 4.98 Å². The SMILES string of the molecule is N#[N+]c1cccnc1[O-]. The molecule has 1 aromatic heterocycles. The van der Waals surface area contributed by atoms with Crippen LogP contribution in [0.25, 0.3) is 4.98 Å². The van der Waals surface area contributed by atoms with Gasteiger partial charge in [-0.1, -0.05) is 0 Å². The molecule has 4 nitrogen and oxygen atoms in total. The molecule has 1 aromatic rings. The zero-order chi connectivity index (χ0) is 6.69. The van der Waals surface area contributed by atoms with Crippen LogP contribution in [0, 0.1) is 5.39 Å². The van der Waals surface area contributed by atoms with E-state index < -0.39 is 5.88 Å².